The minimum absolute atomic E-state index is 0.590. The lowest BCUT2D eigenvalue weighted by Gasteiger charge is -2.18. The summed E-state index contributed by atoms with van der Waals surface area (Å²) in [4.78, 5) is 17.2. The van der Waals surface area contributed by atoms with Crippen molar-refractivity contribution >= 4 is 28.4 Å². The van der Waals surface area contributed by atoms with E-state index in [0.717, 1.165) is 46.6 Å². The van der Waals surface area contributed by atoms with Gasteiger partial charge >= 0.3 is 0 Å². The summed E-state index contributed by atoms with van der Waals surface area (Å²) in [6, 6.07) is 10.4. The Kier molecular flexibility index (Phi) is 5.16. The van der Waals surface area contributed by atoms with Crippen LogP contribution in [0, 0.1) is 6.92 Å². The molecule has 0 fully saturated rings. The fourth-order valence-electron chi connectivity index (χ4n) is 3.75. The van der Waals surface area contributed by atoms with Crippen molar-refractivity contribution in [3.05, 3.63) is 59.5 Å². The molecule has 0 bridgehead atoms. The predicted octanol–water partition coefficient (Wildman–Crippen LogP) is 5.24. The Morgan fingerprint density at radius 2 is 1.90 bits per heavy atom. The van der Waals surface area contributed by atoms with Crippen LogP contribution in [0.1, 0.15) is 30.7 Å². The van der Waals surface area contributed by atoms with Crippen molar-refractivity contribution < 1.29 is 0 Å². The number of nitrogens with one attached hydrogen (secondary N) is 3. The lowest BCUT2D eigenvalue weighted by Crippen LogP contribution is -2.06. The van der Waals surface area contributed by atoms with E-state index in [1.54, 1.807) is 0 Å². The molecule has 0 amide bonds. The number of benzene rings is 1. The van der Waals surface area contributed by atoms with Gasteiger partial charge in [0.15, 0.2) is 0 Å². The Hall–Kier alpha value is -3.41. The van der Waals surface area contributed by atoms with Crippen LogP contribution < -0.4 is 10.6 Å². The van der Waals surface area contributed by atoms with Crippen molar-refractivity contribution in [2.24, 2.45) is 0 Å². The molecule has 148 valence electrons. The Morgan fingerprint density at radius 1 is 1.03 bits per heavy atom. The molecule has 0 atom stereocenters. The first-order valence-electron chi connectivity index (χ1n) is 10.0. The van der Waals surface area contributed by atoms with Crippen LogP contribution in [0.3, 0.4) is 0 Å². The number of nitrogens with zero attached hydrogens (tertiary/aromatic N) is 3. The van der Waals surface area contributed by atoms with E-state index in [1.807, 2.05) is 38.5 Å². The molecule has 0 unspecified atom stereocenters. The molecular weight excluding hydrogens is 360 g/mol. The standard InChI is InChI=1S/C23H26N6/c1-5-15-7-8-18(28-23-27-14(3)11-21(24-4)29-23)17(6-2)22(15)20-12-19-16(13-26-20)9-10-25-19/h7-13,25H,5-6H2,1-4H3,(H2,24,27,28,29). The van der Waals surface area contributed by atoms with Crippen LogP contribution in [0.4, 0.5) is 17.5 Å². The second-order valence-electron chi connectivity index (χ2n) is 7.06. The summed E-state index contributed by atoms with van der Waals surface area (Å²) in [6.07, 6.45) is 5.70. The fraction of sp³-hybridized carbons (Fsp3) is 0.261. The van der Waals surface area contributed by atoms with Gasteiger partial charge in [-0.1, -0.05) is 19.9 Å². The van der Waals surface area contributed by atoms with Crippen molar-refractivity contribution in [2.75, 3.05) is 17.7 Å². The molecule has 6 heteroatoms. The Bertz CT molecular complexity index is 1160. The summed E-state index contributed by atoms with van der Waals surface area (Å²) in [5.74, 6) is 1.38. The van der Waals surface area contributed by atoms with Crippen LogP contribution in [0.2, 0.25) is 0 Å². The molecule has 4 rings (SSSR count). The molecule has 3 heterocycles. The third kappa shape index (κ3) is 3.66. The van der Waals surface area contributed by atoms with E-state index in [1.165, 1.54) is 16.7 Å². The maximum Gasteiger partial charge on any atom is 0.229 e. The topological polar surface area (TPSA) is 78.5 Å². The van der Waals surface area contributed by atoms with Crippen molar-refractivity contribution in [3.8, 4) is 11.3 Å². The zero-order chi connectivity index (χ0) is 20.4. The van der Waals surface area contributed by atoms with E-state index in [2.05, 4.69) is 57.6 Å². The van der Waals surface area contributed by atoms with Gasteiger partial charge in [0.1, 0.15) is 5.82 Å². The maximum absolute atomic E-state index is 4.77. The number of aromatic amines is 1. The Labute approximate surface area is 170 Å². The molecule has 3 aromatic heterocycles. The predicted molar refractivity (Wildman–Crippen MR) is 120 cm³/mol. The number of hydrogen-bond donors (Lipinski definition) is 3. The number of hydrogen-bond acceptors (Lipinski definition) is 5. The highest BCUT2D eigenvalue weighted by molar-refractivity contribution is 5.85. The molecule has 0 saturated carbocycles. The van der Waals surface area contributed by atoms with Crippen LogP contribution in [0.5, 0.6) is 0 Å². The van der Waals surface area contributed by atoms with Crippen LogP contribution >= 0.6 is 0 Å². The summed E-state index contributed by atoms with van der Waals surface area (Å²) in [6.45, 7) is 6.32. The first kappa shape index (κ1) is 18.9. The van der Waals surface area contributed by atoms with Crippen LogP contribution in [-0.2, 0) is 12.8 Å². The molecule has 29 heavy (non-hydrogen) atoms. The van der Waals surface area contributed by atoms with Gasteiger partial charge in [0.05, 0.1) is 5.69 Å². The van der Waals surface area contributed by atoms with Gasteiger partial charge in [-0.25, -0.2) is 4.98 Å². The third-order valence-corrected chi connectivity index (χ3v) is 5.18. The van der Waals surface area contributed by atoms with Gasteiger partial charge in [-0.05, 0) is 49.1 Å². The molecule has 0 radical (unpaired) electrons. The lowest BCUT2D eigenvalue weighted by atomic mass is 9.93. The highest BCUT2D eigenvalue weighted by atomic mass is 15.1. The summed E-state index contributed by atoms with van der Waals surface area (Å²) in [5, 5.41) is 7.64. The number of aromatic nitrogens is 4. The van der Waals surface area contributed by atoms with E-state index in [4.69, 9.17) is 4.98 Å². The van der Waals surface area contributed by atoms with E-state index in [-0.39, 0.29) is 0 Å². The van der Waals surface area contributed by atoms with Crippen LogP contribution in [0.25, 0.3) is 22.2 Å². The first-order chi connectivity index (χ1) is 14.1. The zero-order valence-electron chi connectivity index (χ0n) is 17.3. The first-order valence-corrected chi connectivity index (χ1v) is 10.0. The molecular formula is C23H26N6. The van der Waals surface area contributed by atoms with Crippen molar-refractivity contribution in [3.63, 3.8) is 0 Å². The van der Waals surface area contributed by atoms with Gasteiger partial charge in [0.2, 0.25) is 5.95 Å². The summed E-state index contributed by atoms with van der Waals surface area (Å²) < 4.78 is 0. The lowest BCUT2D eigenvalue weighted by molar-refractivity contribution is 1.07. The number of aryl methyl sites for hydroxylation is 2. The minimum Gasteiger partial charge on any atom is -0.373 e. The van der Waals surface area contributed by atoms with Gasteiger partial charge < -0.3 is 15.6 Å². The molecule has 6 nitrogen and oxygen atoms in total. The van der Waals surface area contributed by atoms with E-state index in [9.17, 15) is 0 Å². The van der Waals surface area contributed by atoms with Gasteiger partial charge in [-0.15, -0.1) is 0 Å². The summed E-state index contributed by atoms with van der Waals surface area (Å²) >= 11 is 0. The highest BCUT2D eigenvalue weighted by Crippen LogP contribution is 2.35. The summed E-state index contributed by atoms with van der Waals surface area (Å²) in [7, 11) is 1.86. The monoisotopic (exact) mass is 386 g/mol. The number of rotatable bonds is 6. The van der Waals surface area contributed by atoms with Gasteiger partial charge in [0.25, 0.3) is 0 Å². The van der Waals surface area contributed by atoms with E-state index >= 15 is 0 Å². The molecule has 4 aromatic rings. The van der Waals surface area contributed by atoms with Crippen molar-refractivity contribution in [2.45, 2.75) is 33.6 Å². The maximum atomic E-state index is 4.77. The third-order valence-electron chi connectivity index (χ3n) is 5.18. The second kappa shape index (κ2) is 7.91. The average Bonchev–Trinajstić information content (AvgIpc) is 3.20. The normalized spacial score (nSPS) is 11.0. The van der Waals surface area contributed by atoms with Crippen molar-refractivity contribution in [1.82, 2.24) is 19.9 Å². The largest absolute Gasteiger partial charge is 0.373 e. The van der Waals surface area contributed by atoms with Gasteiger partial charge in [-0.2, -0.15) is 4.98 Å². The van der Waals surface area contributed by atoms with E-state index in [0.29, 0.717) is 5.95 Å². The summed E-state index contributed by atoms with van der Waals surface area (Å²) in [5.41, 5.74) is 7.70. The van der Waals surface area contributed by atoms with E-state index < -0.39 is 0 Å². The minimum atomic E-state index is 0.590. The molecule has 0 aliphatic carbocycles. The second-order valence-corrected chi connectivity index (χ2v) is 7.06. The van der Waals surface area contributed by atoms with Crippen molar-refractivity contribution in [1.29, 1.82) is 0 Å². The van der Waals surface area contributed by atoms with Crippen LogP contribution in [0.15, 0.2) is 42.7 Å². The molecule has 0 spiro atoms. The molecule has 3 N–H and O–H groups in total. The molecule has 0 saturated heterocycles. The quantitative estimate of drug-likeness (QED) is 0.422. The molecule has 1 aromatic carbocycles. The van der Waals surface area contributed by atoms with Gasteiger partial charge in [-0.3, -0.25) is 4.98 Å². The number of fused-ring (bicyclic) bond motifs is 1. The Balaban J connectivity index is 1.84. The zero-order valence-corrected chi connectivity index (χ0v) is 17.3. The smallest absolute Gasteiger partial charge is 0.229 e. The Morgan fingerprint density at radius 3 is 2.66 bits per heavy atom. The molecule has 0 aliphatic heterocycles. The number of pyridine rings is 1. The molecule has 0 aliphatic rings. The number of H-pyrrole nitrogens is 1. The SMILES string of the molecule is CCc1ccc(Nc2nc(C)cc(NC)n2)c(CC)c1-c1cc2[nH]ccc2cn1. The fourth-order valence-corrected chi connectivity index (χ4v) is 3.75. The van der Waals surface area contributed by atoms with Gasteiger partial charge in [0, 0.05) is 53.4 Å². The highest BCUT2D eigenvalue weighted by Gasteiger charge is 2.16. The van der Waals surface area contributed by atoms with Crippen LogP contribution in [-0.4, -0.2) is 27.0 Å². The number of anilines is 3. The average molecular weight is 387 g/mol.